The van der Waals surface area contributed by atoms with Crippen molar-refractivity contribution in [2.45, 2.75) is 30.9 Å². The van der Waals surface area contributed by atoms with E-state index in [0.717, 1.165) is 0 Å². The largest absolute Gasteiger partial charge is 0.433 e. The van der Waals surface area contributed by atoms with Crippen molar-refractivity contribution in [3.05, 3.63) is 23.5 Å². The fraction of sp³-hybridized carbons (Fsp3) is 0.500. The molecule has 1 aromatic rings. The molecule has 1 aliphatic rings. The summed E-state index contributed by atoms with van der Waals surface area (Å²) in [5.74, 6) is -2.22. The number of ether oxygens (including phenoxy) is 1. The molecule has 0 saturated carbocycles. The zero-order chi connectivity index (χ0) is 22.4. The van der Waals surface area contributed by atoms with Crippen LogP contribution in [0.3, 0.4) is 0 Å². The van der Waals surface area contributed by atoms with Crippen molar-refractivity contribution in [1.29, 1.82) is 5.26 Å². The average Bonchev–Trinajstić information content (AvgIpc) is 2.89. The number of nitriles is 1. The van der Waals surface area contributed by atoms with E-state index in [1.807, 2.05) is 0 Å². The van der Waals surface area contributed by atoms with Gasteiger partial charge in [0.2, 0.25) is 0 Å². The highest BCUT2D eigenvalue weighted by atomic mass is 19.4. The molecule has 0 bridgehead atoms. The fourth-order valence-electron chi connectivity index (χ4n) is 2.56. The van der Waals surface area contributed by atoms with Gasteiger partial charge < -0.3 is 9.84 Å². The number of aliphatic hydroxyl groups excluding tert-OH is 1. The van der Waals surface area contributed by atoms with E-state index in [4.69, 9.17) is 5.26 Å². The number of hydrogen-bond donors (Lipinski definition) is 1. The first-order chi connectivity index (χ1) is 13.1. The second-order valence-corrected chi connectivity index (χ2v) is 5.67. The van der Waals surface area contributed by atoms with Crippen LogP contribution in [-0.4, -0.2) is 41.4 Å². The molecule has 0 fully saturated rings. The summed E-state index contributed by atoms with van der Waals surface area (Å²) in [7, 11) is 0.596. The Morgan fingerprint density at radius 1 is 1.07 bits per heavy atom. The quantitative estimate of drug-likeness (QED) is 0.736. The number of halogens is 9. The van der Waals surface area contributed by atoms with Crippen LogP contribution in [0.4, 0.5) is 45.2 Å². The van der Waals surface area contributed by atoms with E-state index in [9.17, 15) is 44.6 Å². The second kappa shape index (κ2) is 7.34. The maximum atomic E-state index is 13.1. The van der Waals surface area contributed by atoms with Crippen LogP contribution < -0.4 is 5.01 Å². The summed E-state index contributed by atoms with van der Waals surface area (Å²) in [5.41, 5.74) is -6.11. The van der Waals surface area contributed by atoms with Gasteiger partial charge in [-0.1, -0.05) is 0 Å². The molecule has 29 heavy (non-hydrogen) atoms. The molecule has 0 aromatic carbocycles. The average molecular weight is 436 g/mol. The van der Waals surface area contributed by atoms with Gasteiger partial charge in [0.25, 0.3) is 0 Å². The maximum absolute atomic E-state index is 13.1. The number of pyridine rings is 1. The lowest BCUT2D eigenvalue weighted by atomic mass is 9.95. The van der Waals surface area contributed by atoms with Gasteiger partial charge in [0.1, 0.15) is 23.2 Å². The lowest BCUT2D eigenvalue weighted by molar-refractivity contribution is -0.227. The molecule has 1 N–H and O–H groups in total. The molecule has 0 amide bonds. The van der Waals surface area contributed by atoms with Gasteiger partial charge >= 0.3 is 18.5 Å². The van der Waals surface area contributed by atoms with E-state index >= 15 is 0 Å². The van der Waals surface area contributed by atoms with Crippen molar-refractivity contribution >= 4 is 11.4 Å². The van der Waals surface area contributed by atoms with E-state index in [1.165, 1.54) is 6.07 Å². The smallest absolute Gasteiger partial charge is 0.371 e. The minimum Gasteiger partial charge on any atom is -0.371 e. The van der Waals surface area contributed by atoms with Gasteiger partial charge in [0.15, 0.2) is 12.3 Å². The van der Waals surface area contributed by atoms with Crippen LogP contribution in [0.2, 0.25) is 0 Å². The molecular weight excluding hydrogens is 427 g/mol. The summed E-state index contributed by atoms with van der Waals surface area (Å²) >= 11 is 0. The molecule has 2 heterocycles. The van der Waals surface area contributed by atoms with Crippen LogP contribution >= 0.6 is 0 Å². The van der Waals surface area contributed by atoms with E-state index in [2.05, 4.69) is 14.8 Å². The summed E-state index contributed by atoms with van der Waals surface area (Å²) in [5, 5.41) is 22.4. The summed E-state index contributed by atoms with van der Waals surface area (Å²) < 4.78 is 121. The molecular formula is C14H9F9N4O2. The molecule has 0 aliphatic carbocycles. The Bertz CT molecular complexity index is 809. The lowest BCUT2D eigenvalue weighted by Gasteiger charge is -2.29. The third-order valence-electron chi connectivity index (χ3n) is 3.78. The molecule has 0 spiro atoms. The number of aliphatic hydroxyl groups is 1. The van der Waals surface area contributed by atoms with E-state index in [1.54, 1.807) is 0 Å². The van der Waals surface area contributed by atoms with Crippen LogP contribution in [0.1, 0.15) is 11.4 Å². The number of anilines is 1. The zero-order valence-electron chi connectivity index (χ0n) is 13.9. The predicted octanol–water partition coefficient (Wildman–Crippen LogP) is 3.33. The summed E-state index contributed by atoms with van der Waals surface area (Å²) in [4.78, 5) is 2.44. The first-order valence-electron chi connectivity index (χ1n) is 7.33. The van der Waals surface area contributed by atoms with Gasteiger partial charge in [0.05, 0.1) is 11.6 Å². The zero-order valence-corrected chi connectivity index (χ0v) is 13.9. The van der Waals surface area contributed by atoms with E-state index in [0.29, 0.717) is 7.11 Å². The fourth-order valence-corrected chi connectivity index (χ4v) is 2.56. The Morgan fingerprint density at radius 2 is 1.55 bits per heavy atom. The molecule has 6 nitrogen and oxygen atoms in total. The molecule has 0 saturated heterocycles. The number of alkyl halides is 9. The highest BCUT2D eigenvalue weighted by Gasteiger charge is 2.54. The summed E-state index contributed by atoms with van der Waals surface area (Å²) in [6.45, 7) is 0. The predicted molar refractivity (Wildman–Crippen MR) is 76.1 cm³/mol. The number of aromatic nitrogens is 1. The molecule has 0 radical (unpaired) electrons. The monoisotopic (exact) mass is 436 g/mol. The minimum atomic E-state index is -5.34. The topological polar surface area (TPSA) is 81.7 Å². The Labute approximate surface area is 155 Å². The van der Waals surface area contributed by atoms with Gasteiger partial charge in [-0.25, -0.2) is 9.99 Å². The Hall–Kier alpha value is -2.60. The Kier molecular flexibility index (Phi) is 5.74. The number of nitrogens with zero attached hydrogens (tertiary/aromatic N) is 4. The second-order valence-electron chi connectivity index (χ2n) is 5.67. The van der Waals surface area contributed by atoms with Gasteiger partial charge in [-0.15, -0.1) is 0 Å². The highest BCUT2D eigenvalue weighted by Crippen LogP contribution is 2.40. The molecule has 3 atom stereocenters. The third kappa shape index (κ3) is 4.53. The van der Waals surface area contributed by atoms with Crippen molar-refractivity contribution < 1.29 is 49.4 Å². The summed E-state index contributed by atoms with van der Waals surface area (Å²) in [6.07, 6.45) is -21.1. The van der Waals surface area contributed by atoms with Crippen molar-refractivity contribution in [2.24, 2.45) is 11.0 Å². The Morgan fingerprint density at radius 3 is 1.90 bits per heavy atom. The summed E-state index contributed by atoms with van der Waals surface area (Å²) in [6, 6.07) is 1.33. The SMILES string of the molecule is COC(C1C(C#N)=NN(c2cc(C(F)(F)F)nc(C(F)(F)F)c2)C1O)C(F)(F)F. The van der Waals surface area contributed by atoms with Gasteiger partial charge in [-0.2, -0.15) is 49.9 Å². The van der Waals surface area contributed by atoms with E-state index < -0.39 is 59.6 Å². The number of methoxy groups -OCH3 is 1. The first-order valence-corrected chi connectivity index (χ1v) is 7.33. The van der Waals surface area contributed by atoms with E-state index in [-0.39, 0.29) is 17.1 Å². The first kappa shape index (κ1) is 22.7. The van der Waals surface area contributed by atoms with Gasteiger partial charge in [-0.3, -0.25) is 0 Å². The molecule has 3 unspecified atom stereocenters. The Balaban J connectivity index is 2.60. The molecule has 1 aromatic heterocycles. The van der Waals surface area contributed by atoms with Crippen molar-refractivity contribution in [1.82, 2.24) is 4.98 Å². The van der Waals surface area contributed by atoms with Crippen LogP contribution in [0.15, 0.2) is 17.2 Å². The number of hydrazone groups is 1. The minimum absolute atomic E-state index is 0.0487. The lowest BCUT2D eigenvalue weighted by Crippen LogP contribution is -2.47. The highest BCUT2D eigenvalue weighted by molar-refractivity contribution is 6.03. The normalized spacial score (nSPS) is 21.7. The number of hydrogen-bond acceptors (Lipinski definition) is 6. The van der Waals surface area contributed by atoms with Crippen molar-refractivity contribution in [3.8, 4) is 6.07 Å². The standard InChI is InChI=1S/C14H9F9N4O2/c1-29-10(14(21,22)23)9-6(4-24)26-27(11(9)28)5-2-7(12(15,16)17)25-8(3-5)13(18,19)20/h2-3,9-11,28H,1H3. The van der Waals surface area contributed by atoms with Crippen LogP contribution in [0.5, 0.6) is 0 Å². The van der Waals surface area contributed by atoms with Crippen LogP contribution in [0, 0.1) is 17.2 Å². The number of rotatable bonds is 3. The van der Waals surface area contributed by atoms with Crippen molar-refractivity contribution in [2.75, 3.05) is 12.1 Å². The molecule has 15 heteroatoms. The molecule has 2 rings (SSSR count). The molecule has 1 aliphatic heterocycles. The third-order valence-corrected chi connectivity index (χ3v) is 3.78. The van der Waals surface area contributed by atoms with Gasteiger partial charge in [-0.05, 0) is 12.1 Å². The van der Waals surface area contributed by atoms with Gasteiger partial charge in [0, 0.05) is 7.11 Å². The maximum Gasteiger partial charge on any atom is 0.433 e. The van der Waals surface area contributed by atoms with Crippen LogP contribution in [0.25, 0.3) is 0 Å². The van der Waals surface area contributed by atoms with Crippen molar-refractivity contribution in [3.63, 3.8) is 0 Å². The van der Waals surface area contributed by atoms with Crippen LogP contribution in [-0.2, 0) is 17.1 Å². The molecule has 160 valence electrons.